The summed E-state index contributed by atoms with van der Waals surface area (Å²) in [4.78, 5) is 20.7. The van der Waals surface area contributed by atoms with E-state index in [1.54, 1.807) is 0 Å². The van der Waals surface area contributed by atoms with Crippen LogP contribution in [0.1, 0.15) is 0 Å². The van der Waals surface area contributed by atoms with Crippen LogP contribution in [0.5, 0.6) is 11.8 Å². The van der Waals surface area contributed by atoms with E-state index in [0.29, 0.717) is 0 Å². The molecule has 0 aliphatic carbocycles. The first-order chi connectivity index (χ1) is 9.39. The highest BCUT2D eigenvalue weighted by Gasteiger charge is 2.32. The Morgan fingerprint density at radius 3 is 2.55 bits per heavy atom. The normalized spacial score (nSPS) is 11.2. The van der Waals surface area contributed by atoms with Crippen LogP contribution in [0.25, 0.3) is 11.4 Å². The number of alkyl halides is 3. The molecule has 0 aliphatic heterocycles. The van der Waals surface area contributed by atoms with Gasteiger partial charge < -0.3 is 9.47 Å². The molecule has 0 fully saturated rings. The molecule has 106 valence electrons. The van der Waals surface area contributed by atoms with Gasteiger partial charge in [0.15, 0.2) is 5.82 Å². The highest BCUT2D eigenvalue weighted by molar-refractivity contribution is 5.63. The number of methoxy groups -OCH3 is 1. The van der Waals surface area contributed by atoms with Gasteiger partial charge in [-0.05, 0) is 12.1 Å². The smallest absolute Gasteiger partial charge is 0.467 e. The zero-order valence-electron chi connectivity index (χ0n) is 10.1. The average molecular weight is 287 g/mol. The van der Waals surface area contributed by atoms with Crippen molar-refractivity contribution in [3.05, 3.63) is 34.7 Å². The quantitative estimate of drug-likeness (QED) is 0.930. The Labute approximate surface area is 110 Å². The molecule has 0 saturated heterocycles. The molecule has 0 amide bonds. The first-order valence-corrected chi connectivity index (χ1v) is 5.26. The first-order valence-electron chi connectivity index (χ1n) is 5.26. The van der Waals surface area contributed by atoms with E-state index in [0.717, 1.165) is 6.07 Å². The monoisotopic (exact) mass is 287 g/mol. The summed E-state index contributed by atoms with van der Waals surface area (Å²) in [6, 6.07) is 5.01. The number of halogens is 3. The average Bonchev–Trinajstić information content (AvgIpc) is 2.36. The summed E-state index contributed by atoms with van der Waals surface area (Å²) in [5, 5.41) is 0. The number of H-pyrrole nitrogens is 1. The molecule has 0 atom stereocenters. The summed E-state index contributed by atoms with van der Waals surface area (Å²) in [6.07, 6.45) is -4.85. The summed E-state index contributed by atoms with van der Waals surface area (Å²) in [6.45, 7) is 0. The minimum atomic E-state index is -4.85. The van der Waals surface area contributed by atoms with E-state index >= 15 is 0 Å². The van der Waals surface area contributed by atoms with E-state index < -0.39 is 17.8 Å². The largest absolute Gasteiger partial charge is 0.573 e. The van der Waals surface area contributed by atoms with Crippen molar-refractivity contribution in [1.29, 1.82) is 0 Å². The predicted molar refractivity (Wildman–Crippen MR) is 61.3 cm³/mol. The lowest BCUT2D eigenvalue weighted by Crippen LogP contribution is -2.18. The van der Waals surface area contributed by atoms with Crippen molar-refractivity contribution in [3.63, 3.8) is 0 Å². The van der Waals surface area contributed by atoms with E-state index in [2.05, 4.69) is 19.7 Å². The second-order valence-corrected chi connectivity index (χ2v) is 3.53. The minimum absolute atomic E-state index is 0.0392. The summed E-state index contributed by atoms with van der Waals surface area (Å²) in [5.74, 6) is -0.627. The van der Waals surface area contributed by atoms with Crippen molar-refractivity contribution in [2.45, 2.75) is 6.36 Å². The van der Waals surface area contributed by atoms with E-state index in [1.165, 1.54) is 25.3 Å². The van der Waals surface area contributed by atoms with E-state index in [9.17, 15) is 18.0 Å². The molecule has 0 spiro atoms. The van der Waals surface area contributed by atoms with Gasteiger partial charge in [0.25, 0.3) is 0 Å². The second kappa shape index (κ2) is 5.19. The Kier molecular flexibility index (Phi) is 3.59. The third-order valence-corrected chi connectivity index (χ3v) is 2.18. The maximum atomic E-state index is 12.3. The third kappa shape index (κ3) is 3.25. The van der Waals surface area contributed by atoms with Crippen LogP contribution in [-0.2, 0) is 0 Å². The fourth-order valence-electron chi connectivity index (χ4n) is 1.46. The maximum Gasteiger partial charge on any atom is 0.573 e. The molecule has 9 heteroatoms. The first kappa shape index (κ1) is 13.8. The fraction of sp³-hybridized carbons (Fsp3) is 0.182. The molecule has 1 heterocycles. The van der Waals surface area contributed by atoms with E-state index in [4.69, 9.17) is 4.74 Å². The van der Waals surface area contributed by atoms with Gasteiger partial charge >= 0.3 is 18.1 Å². The predicted octanol–water partition coefficient (Wildman–Crippen LogP) is 1.74. The molecule has 6 nitrogen and oxygen atoms in total. The van der Waals surface area contributed by atoms with Crippen LogP contribution in [0.2, 0.25) is 0 Å². The van der Waals surface area contributed by atoms with Crippen LogP contribution in [0.15, 0.2) is 29.1 Å². The number of nitrogens with zero attached hydrogens (tertiary/aromatic N) is 2. The molecular formula is C11H8F3N3O3. The number of hydrogen-bond acceptors (Lipinski definition) is 5. The molecular weight excluding hydrogens is 279 g/mol. The molecule has 0 radical (unpaired) electrons. The van der Waals surface area contributed by atoms with Gasteiger partial charge in [0, 0.05) is 0 Å². The number of para-hydroxylation sites is 1. The number of rotatable bonds is 3. The summed E-state index contributed by atoms with van der Waals surface area (Å²) in [5.41, 5.74) is -0.837. The number of aromatic amines is 1. The van der Waals surface area contributed by atoms with Gasteiger partial charge in [-0.2, -0.15) is 4.98 Å². The van der Waals surface area contributed by atoms with Crippen LogP contribution in [-0.4, -0.2) is 28.4 Å². The zero-order valence-corrected chi connectivity index (χ0v) is 10.1. The lowest BCUT2D eigenvalue weighted by molar-refractivity contribution is -0.274. The van der Waals surface area contributed by atoms with Crippen molar-refractivity contribution >= 4 is 0 Å². The van der Waals surface area contributed by atoms with Gasteiger partial charge in [0.05, 0.1) is 12.7 Å². The van der Waals surface area contributed by atoms with Crippen molar-refractivity contribution in [2.24, 2.45) is 0 Å². The van der Waals surface area contributed by atoms with Gasteiger partial charge in [-0.15, -0.1) is 18.2 Å². The Morgan fingerprint density at radius 1 is 1.20 bits per heavy atom. The van der Waals surface area contributed by atoms with Gasteiger partial charge in [-0.25, -0.2) is 4.79 Å². The third-order valence-electron chi connectivity index (χ3n) is 2.18. The van der Waals surface area contributed by atoms with Gasteiger partial charge in [0.2, 0.25) is 0 Å². The van der Waals surface area contributed by atoms with E-state index in [1.807, 2.05) is 0 Å². The maximum absolute atomic E-state index is 12.3. The Morgan fingerprint density at radius 2 is 1.90 bits per heavy atom. The van der Waals surface area contributed by atoms with Crippen LogP contribution >= 0.6 is 0 Å². The minimum Gasteiger partial charge on any atom is -0.467 e. The van der Waals surface area contributed by atoms with Gasteiger partial charge in [-0.3, -0.25) is 4.98 Å². The highest BCUT2D eigenvalue weighted by Crippen LogP contribution is 2.31. The van der Waals surface area contributed by atoms with Crippen LogP contribution < -0.4 is 15.2 Å². The van der Waals surface area contributed by atoms with Crippen molar-refractivity contribution < 1.29 is 22.6 Å². The fourth-order valence-corrected chi connectivity index (χ4v) is 1.46. The molecule has 0 bridgehead atoms. The van der Waals surface area contributed by atoms with Gasteiger partial charge in [0.1, 0.15) is 5.75 Å². The van der Waals surface area contributed by atoms with Crippen LogP contribution in [0.4, 0.5) is 13.2 Å². The molecule has 20 heavy (non-hydrogen) atoms. The molecule has 1 aromatic heterocycles. The lowest BCUT2D eigenvalue weighted by Gasteiger charge is -2.12. The topological polar surface area (TPSA) is 77.1 Å². The lowest BCUT2D eigenvalue weighted by atomic mass is 10.2. The molecule has 1 aromatic carbocycles. The molecule has 2 aromatic rings. The standard InChI is InChI=1S/C11H8F3N3O3/c1-19-10-16-8(15-9(18)17-10)6-4-2-3-5-7(6)20-11(12,13)14/h2-5H,1H3,(H,15,16,17,18). The van der Waals surface area contributed by atoms with Crippen molar-refractivity contribution in [2.75, 3.05) is 7.11 Å². The SMILES string of the molecule is COc1nc(-c2ccccc2OC(F)(F)F)[nH]c(=O)n1. The Balaban J connectivity index is 2.53. The van der Waals surface area contributed by atoms with Crippen molar-refractivity contribution in [1.82, 2.24) is 15.0 Å². The second-order valence-electron chi connectivity index (χ2n) is 3.53. The molecule has 2 rings (SSSR count). The number of ether oxygens (including phenoxy) is 2. The Hall–Kier alpha value is -2.58. The molecule has 0 saturated carbocycles. The van der Waals surface area contributed by atoms with Gasteiger partial charge in [-0.1, -0.05) is 12.1 Å². The number of benzene rings is 1. The number of aromatic nitrogens is 3. The summed E-state index contributed by atoms with van der Waals surface area (Å²) in [7, 11) is 1.23. The number of nitrogens with one attached hydrogen (secondary N) is 1. The molecule has 0 aliphatic rings. The molecule has 0 unspecified atom stereocenters. The Bertz CT molecular complexity index is 670. The van der Waals surface area contributed by atoms with E-state index in [-0.39, 0.29) is 17.4 Å². The van der Waals surface area contributed by atoms with Crippen LogP contribution in [0.3, 0.4) is 0 Å². The summed E-state index contributed by atoms with van der Waals surface area (Å²) < 4.78 is 45.5. The number of hydrogen-bond donors (Lipinski definition) is 1. The summed E-state index contributed by atoms with van der Waals surface area (Å²) >= 11 is 0. The van der Waals surface area contributed by atoms with Crippen molar-refractivity contribution in [3.8, 4) is 23.1 Å². The zero-order chi connectivity index (χ0) is 14.8. The highest BCUT2D eigenvalue weighted by atomic mass is 19.4. The molecule has 1 N–H and O–H groups in total. The van der Waals surface area contributed by atoms with Crippen LogP contribution in [0, 0.1) is 0 Å².